The number of alkyl halides is 3. The van der Waals surface area contributed by atoms with Crippen molar-refractivity contribution in [3.05, 3.63) is 51.7 Å². The molecule has 1 N–H and O–H groups in total. The topological polar surface area (TPSA) is 72.7 Å². The first kappa shape index (κ1) is 20.3. The lowest BCUT2D eigenvalue weighted by atomic mass is 10.2. The number of aromatic nitrogens is 4. The third-order valence-electron chi connectivity index (χ3n) is 3.68. The van der Waals surface area contributed by atoms with Gasteiger partial charge in [-0.3, -0.25) is 4.79 Å². The molecule has 1 amide bonds. The zero-order chi connectivity index (χ0) is 20.3. The van der Waals surface area contributed by atoms with Gasteiger partial charge in [0, 0.05) is 23.9 Å². The average molecular weight is 427 g/mol. The highest BCUT2D eigenvalue weighted by Gasteiger charge is 2.37. The number of carbonyl (C=O) groups excluding carboxylic acids is 1. The monoisotopic (exact) mass is 427 g/mol. The third kappa shape index (κ3) is 5.10. The van der Waals surface area contributed by atoms with Gasteiger partial charge in [-0.25, -0.2) is 4.98 Å². The molecule has 0 saturated carbocycles. The SMILES string of the molecule is Cc1ccc(NC(=O)Cc2nc(CSc3nnc(C(F)(F)F)n3C)cs2)cc1. The van der Waals surface area contributed by atoms with Gasteiger partial charge < -0.3 is 9.88 Å². The quantitative estimate of drug-likeness (QED) is 0.601. The van der Waals surface area contributed by atoms with Crippen LogP contribution in [0.2, 0.25) is 0 Å². The molecule has 0 aliphatic heterocycles. The summed E-state index contributed by atoms with van der Waals surface area (Å²) in [5.41, 5.74) is 2.49. The molecule has 2 aromatic heterocycles. The van der Waals surface area contributed by atoms with Crippen molar-refractivity contribution in [2.45, 2.75) is 30.4 Å². The number of thiazole rings is 1. The number of nitrogens with zero attached hydrogens (tertiary/aromatic N) is 4. The lowest BCUT2D eigenvalue weighted by Gasteiger charge is -2.05. The smallest absolute Gasteiger partial charge is 0.326 e. The molecule has 0 fully saturated rings. The van der Waals surface area contributed by atoms with E-state index in [1.165, 1.54) is 18.4 Å². The van der Waals surface area contributed by atoms with Crippen molar-refractivity contribution in [2.24, 2.45) is 7.05 Å². The first-order valence-corrected chi connectivity index (χ1v) is 9.98. The minimum Gasteiger partial charge on any atom is -0.326 e. The number of nitrogens with one attached hydrogen (secondary N) is 1. The summed E-state index contributed by atoms with van der Waals surface area (Å²) in [7, 11) is 1.27. The van der Waals surface area contributed by atoms with Crippen LogP contribution in [0.15, 0.2) is 34.8 Å². The van der Waals surface area contributed by atoms with E-state index in [1.54, 1.807) is 5.38 Å². The maximum atomic E-state index is 12.7. The third-order valence-corrected chi connectivity index (χ3v) is 5.64. The van der Waals surface area contributed by atoms with Crippen LogP contribution in [0.1, 0.15) is 22.1 Å². The van der Waals surface area contributed by atoms with Crippen LogP contribution in [-0.4, -0.2) is 25.7 Å². The molecule has 0 spiro atoms. The summed E-state index contributed by atoms with van der Waals surface area (Å²) in [6.45, 7) is 1.96. The van der Waals surface area contributed by atoms with Crippen molar-refractivity contribution >= 4 is 34.7 Å². The Morgan fingerprint density at radius 1 is 1.25 bits per heavy atom. The molecule has 2 heterocycles. The highest BCUT2D eigenvalue weighted by atomic mass is 32.2. The zero-order valence-corrected chi connectivity index (χ0v) is 16.6. The standard InChI is InChI=1S/C17H16F3N5OS2/c1-10-3-5-11(6-4-10)21-13(26)7-14-22-12(8-27-14)9-28-16-24-23-15(25(16)2)17(18,19)20/h3-6,8H,7,9H2,1-2H3,(H,21,26). The number of carbonyl (C=O) groups is 1. The molecule has 0 bridgehead atoms. The second-order valence-electron chi connectivity index (χ2n) is 5.98. The van der Waals surface area contributed by atoms with Crippen molar-refractivity contribution in [3.8, 4) is 0 Å². The summed E-state index contributed by atoms with van der Waals surface area (Å²) in [5.74, 6) is -0.887. The summed E-state index contributed by atoms with van der Waals surface area (Å²) < 4.78 is 39.1. The Balaban J connectivity index is 1.55. The van der Waals surface area contributed by atoms with E-state index < -0.39 is 12.0 Å². The van der Waals surface area contributed by atoms with E-state index in [2.05, 4.69) is 20.5 Å². The minimum atomic E-state index is -4.54. The predicted octanol–water partition coefficient (Wildman–Crippen LogP) is 4.07. The molecular weight excluding hydrogens is 411 g/mol. The molecule has 3 aromatic rings. The number of anilines is 1. The molecule has 6 nitrogen and oxygen atoms in total. The van der Waals surface area contributed by atoms with Gasteiger partial charge in [0.25, 0.3) is 0 Å². The molecule has 0 atom stereocenters. The Hall–Kier alpha value is -2.40. The summed E-state index contributed by atoms with van der Waals surface area (Å²) in [6, 6.07) is 7.47. The fraction of sp³-hybridized carbons (Fsp3) is 0.294. The molecule has 0 radical (unpaired) electrons. The molecule has 28 heavy (non-hydrogen) atoms. The molecule has 148 valence electrons. The fourth-order valence-corrected chi connectivity index (χ4v) is 4.00. The van der Waals surface area contributed by atoms with Gasteiger partial charge in [-0.1, -0.05) is 29.5 Å². The zero-order valence-electron chi connectivity index (χ0n) is 14.9. The highest BCUT2D eigenvalue weighted by molar-refractivity contribution is 7.98. The van der Waals surface area contributed by atoms with Crippen molar-refractivity contribution in [2.75, 3.05) is 5.32 Å². The predicted molar refractivity (Wildman–Crippen MR) is 101 cm³/mol. The number of amides is 1. The summed E-state index contributed by atoms with van der Waals surface area (Å²) in [5, 5.41) is 12.1. The van der Waals surface area contributed by atoms with Gasteiger partial charge in [-0.2, -0.15) is 13.2 Å². The second kappa shape index (κ2) is 8.31. The summed E-state index contributed by atoms with van der Waals surface area (Å²) in [6.07, 6.45) is -4.41. The Morgan fingerprint density at radius 3 is 2.61 bits per heavy atom. The second-order valence-corrected chi connectivity index (χ2v) is 7.86. The molecule has 0 aliphatic rings. The number of hydrogen-bond acceptors (Lipinski definition) is 6. The Bertz CT molecular complexity index is 966. The van der Waals surface area contributed by atoms with Gasteiger partial charge >= 0.3 is 6.18 Å². The average Bonchev–Trinajstić information content (AvgIpc) is 3.21. The molecule has 1 aromatic carbocycles. The maximum Gasteiger partial charge on any atom is 0.451 e. The van der Waals surface area contributed by atoms with Crippen molar-refractivity contribution < 1.29 is 18.0 Å². The van der Waals surface area contributed by atoms with Crippen molar-refractivity contribution in [3.63, 3.8) is 0 Å². The van der Waals surface area contributed by atoms with Crippen LogP contribution in [0.3, 0.4) is 0 Å². The van der Waals surface area contributed by atoms with Crippen LogP contribution in [-0.2, 0) is 30.2 Å². The van der Waals surface area contributed by atoms with Crippen molar-refractivity contribution in [1.82, 2.24) is 19.7 Å². The van der Waals surface area contributed by atoms with Crippen LogP contribution in [0.4, 0.5) is 18.9 Å². The molecule has 11 heteroatoms. The van der Waals surface area contributed by atoms with Gasteiger partial charge in [0.05, 0.1) is 12.1 Å². The molecule has 0 unspecified atom stereocenters. The van der Waals surface area contributed by atoms with E-state index >= 15 is 0 Å². The number of thioether (sulfide) groups is 1. The number of benzene rings is 1. The minimum absolute atomic E-state index is 0.130. The molecule has 0 aliphatic carbocycles. The van der Waals surface area contributed by atoms with Gasteiger partial charge in [-0.05, 0) is 19.1 Å². The Kier molecular flexibility index (Phi) is 6.04. The normalized spacial score (nSPS) is 11.6. The van der Waals surface area contributed by atoms with E-state index in [9.17, 15) is 18.0 Å². The highest BCUT2D eigenvalue weighted by Crippen LogP contribution is 2.30. The van der Waals surface area contributed by atoms with Crippen LogP contribution >= 0.6 is 23.1 Å². The van der Waals surface area contributed by atoms with E-state index in [0.717, 1.165) is 21.9 Å². The molecule has 3 rings (SSSR count). The van der Waals surface area contributed by atoms with Crippen molar-refractivity contribution in [1.29, 1.82) is 0 Å². The first-order valence-electron chi connectivity index (χ1n) is 8.11. The van der Waals surface area contributed by atoms with E-state index in [4.69, 9.17) is 0 Å². The summed E-state index contributed by atoms with van der Waals surface area (Å²) >= 11 is 2.44. The van der Waals surface area contributed by atoms with E-state index in [1.807, 2.05) is 31.2 Å². The van der Waals surface area contributed by atoms with E-state index in [-0.39, 0.29) is 17.5 Å². The number of aryl methyl sites for hydroxylation is 1. The lowest BCUT2D eigenvalue weighted by molar-refractivity contribution is -0.147. The number of hydrogen-bond donors (Lipinski definition) is 1. The van der Waals surface area contributed by atoms with Crippen LogP contribution < -0.4 is 5.32 Å². The number of halogens is 3. The lowest BCUT2D eigenvalue weighted by Crippen LogP contribution is -2.14. The largest absolute Gasteiger partial charge is 0.451 e. The van der Waals surface area contributed by atoms with Gasteiger partial charge in [-0.15, -0.1) is 21.5 Å². The van der Waals surface area contributed by atoms with Crippen LogP contribution in [0.5, 0.6) is 0 Å². The fourth-order valence-electron chi connectivity index (χ4n) is 2.30. The van der Waals surface area contributed by atoms with Crippen LogP contribution in [0, 0.1) is 6.92 Å². The van der Waals surface area contributed by atoms with E-state index in [0.29, 0.717) is 22.1 Å². The Labute approximate surface area is 167 Å². The first-order chi connectivity index (χ1) is 13.2. The number of rotatable bonds is 6. The molecular formula is C17H16F3N5OS2. The van der Waals surface area contributed by atoms with Gasteiger partial charge in [0.15, 0.2) is 5.16 Å². The van der Waals surface area contributed by atoms with Crippen LogP contribution in [0.25, 0.3) is 0 Å². The Morgan fingerprint density at radius 2 is 1.96 bits per heavy atom. The molecule has 0 saturated heterocycles. The van der Waals surface area contributed by atoms with Gasteiger partial charge in [0.1, 0.15) is 5.01 Å². The maximum absolute atomic E-state index is 12.7. The summed E-state index contributed by atoms with van der Waals surface area (Å²) in [4.78, 5) is 16.5. The van der Waals surface area contributed by atoms with Gasteiger partial charge in [0.2, 0.25) is 11.7 Å².